The second-order valence-electron chi connectivity index (χ2n) is 10.1. The highest BCUT2D eigenvalue weighted by molar-refractivity contribution is 7.09. The molecule has 39 heavy (non-hydrogen) atoms. The number of nitrogens with zero attached hydrogens (tertiary/aromatic N) is 3. The number of rotatable bonds is 9. The smallest absolute Gasteiger partial charge is 0.273 e. The number of hydrogen-bond acceptors (Lipinski definition) is 7. The van der Waals surface area contributed by atoms with E-state index in [4.69, 9.17) is 11.5 Å². The standard InChI is InChI=1S/C29H36N6O3S/c1-4-18-10-14-22(15-11-18)35(29(38)26-23(30)24(27(31)36)33-39-26)25(19-12-16-21(17-13-19)34(2)3)28(37)32-20-8-6-5-7-9-20/h10-17,20,25H,4-9,30H2,1-3H3,(H2,31,36)(H,32,37). The van der Waals surface area contributed by atoms with Gasteiger partial charge in [-0.3, -0.25) is 19.3 Å². The van der Waals surface area contributed by atoms with E-state index < -0.39 is 17.9 Å². The average molecular weight is 549 g/mol. The number of carbonyl (C=O) groups excluding carboxylic acids is 3. The van der Waals surface area contributed by atoms with E-state index in [1.165, 1.54) is 4.90 Å². The molecule has 3 aromatic rings. The van der Waals surface area contributed by atoms with Crippen LogP contribution in [0.15, 0.2) is 48.5 Å². The van der Waals surface area contributed by atoms with Gasteiger partial charge in [-0.05, 0) is 66.2 Å². The van der Waals surface area contributed by atoms with E-state index in [9.17, 15) is 14.4 Å². The minimum atomic E-state index is -0.985. The second-order valence-corrected chi connectivity index (χ2v) is 10.8. The van der Waals surface area contributed by atoms with Gasteiger partial charge in [0.05, 0.1) is 5.69 Å². The van der Waals surface area contributed by atoms with Crippen LogP contribution in [0.3, 0.4) is 0 Å². The van der Waals surface area contributed by atoms with Crippen molar-refractivity contribution in [3.8, 4) is 0 Å². The van der Waals surface area contributed by atoms with Crippen molar-refractivity contribution in [2.75, 3.05) is 29.6 Å². The summed E-state index contributed by atoms with van der Waals surface area (Å²) in [6, 6.07) is 14.2. The molecule has 9 nitrogen and oxygen atoms in total. The van der Waals surface area contributed by atoms with Crippen LogP contribution in [-0.4, -0.2) is 42.2 Å². The summed E-state index contributed by atoms with van der Waals surface area (Å²) in [5, 5.41) is 3.21. The number of benzene rings is 2. The third kappa shape index (κ3) is 6.22. The lowest BCUT2D eigenvalue weighted by Gasteiger charge is -2.33. The first kappa shape index (κ1) is 28.1. The molecule has 1 unspecified atom stereocenters. The molecule has 0 saturated heterocycles. The topological polar surface area (TPSA) is 135 Å². The van der Waals surface area contributed by atoms with Crippen LogP contribution < -0.4 is 26.6 Å². The Morgan fingerprint density at radius 2 is 1.62 bits per heavy atom. The van der Waals surface area contributed by atoms with E-state index in [0.717, 1.165) is 61.3 Å². The van der Waals surface area contributed by atoms with Gasteiger partial charge in [-0.1, -0.05) is 50.5 Å². The molecule has 10 heteroatoms. The van der Waals surface area contributed by atoms with Crippen LogP contribution in [0.2, 0.25) is 0 Å². The van der Waals surface area contributed by atoms with E-state index in [2.05, 4.69) is 9.69 Å². The third-order valence-corrected chi connectivity index (χ3v) is 8.03. The molecule has 1 fully saturated rings. The van der Waals surface area contributed by atoms with Crippen LogP contribution in [0, 0.1) is 0 Å². The molecule has 206 valence electrons. The molecule has 1 aliphatic carbocycles. The number of aryl methyl sites for hydroxylation is 1. The Labute approximate surface area is 233 Å². The molecule has 0 radical (unpaired) electrons. The fourth-order valence-corrected chi connectivity index (χ4v) is 5.66. The molecule has 0 aliphatic heterocycles. The van der Waals surface area contributed by atoms with Gasteiger partial charge in [-0.2, -0.15) is 4.37 Å². The van der Waals surface area contributed by atoms with Gasteiger partial charge in [0.2, 0.25) is 5.91 Å². The molecule has 2 aromatic carbocycles. The normalized spacial score (nSPS) is 14.4. The van der Waals surface area contributed by atoms with Crippen LogP contribution in [0.1, 0.15) is 76.4 Å². The number of nitrogen functional groups attached to an aromatic ring is 1. The highest BCUT2D eigenvalue weighted by Crippen LogP contribution is 2.34. The van der Waals surface area contributed by atoms with Crippen LogP contribution in [0.5, 0.6) is 0 Å². The summed E-state index contributed by atoms with van der Waals surface area (Å²) in [4.78, 5) is 43.6. The molecule has 1 aromatic heterocycles. The maximum Gasteiger partial charge on any atom is 0.273 e. The molecule has 3 amide bonds. The summed E-state index contributed by atoms with van der Waals surface area (Å²) < 4.78 is 4.03. The quantitative estimate of drug-likeness (QED) is 0.365. The van der Waals surface area contributed by atoms with E-state index in [0.29, 0.717) is 11.3 Å². The second kappa shape index (κ2) is 12.3. The maximum atomic E-state index is 14.2. The van der Waals surface area contributed by atoms with Gasteiger partial charge < -0.3 is 21.7 Å². The molecular weight excluding hydrogens is 512 g/mol. The van der Waals surface area contributed by atoms with Gasteiger partial charge in [0.25, 0.3) is 11.8 Å². The Balaban J connectivity index is 1.84. The van der Waals surface area contributed by atoms with Gasteiger partial charge >= 0.3 is 0 Å². The van der Waals surface area contributed by atoms with Crippen molar-refractivity contribution in [3.63, 3.8) is 0 Å². The van der Waals surface area contributed by atoms with E-state index in [-0.39, 0.29) is 28.2 Å². The van der Waals surface area contributed by atoms with Crippen molar-refractivity contribution >= 4 is 46.3 Å². The van der Waals surface area contributed by atoms with Crippen LogP contribution in [0.25, 0.3) is 0 Å². The monoisotopic (exact) mass is 548 g/mol. The summed E-state index contributed by atoms with van der Waals surface area (Å²) in [5.41, 5.74) is 14.6. The Morgan fingerprint density at radius 3 is 2.15 bits per heavy atom. The number of carbonyl (C=O) groups is 3. The number of nitrogens with two attached hydrogens (primary N) is 2. The minimum Gasteiger partial charge on any atom is -0.395 e. The first-order valence-corrected chi connectivity index (χ1v) is 14.0. The SMILES string of the molecule is CCc1ccc(N(C(=O)c2snc(C(N)=O)c2N)C(C(=O)NC2CCCCC2)c2ccc(N(C)C)cc2)cc1. The van der Waals surface area contributed by atoms with Gasteiger partial charge in [0, 0.05) is 31.5 Å². The number of hydrogen-bond donors (Lipinski definition) is 3. The Hall–Kier alpha value is -3.92. The molecule has 1 atom stereocenters. The first-order chi connectivity index (χ1) is 18.7. The molecule has 4 rings (SSSR count). The molecule has 0 spiro atoms. The molecular formula is C29H36N6O3S. The van der Waals surface area contributed by atoms with Crippen LogP contribution in [-0.2, 0) is 11.2 Å². The van der Waals surface area contributed by atoms with Gasteiger partial charge in [0.1, 0.15) is 10.9 Å². The average Bonchev–Trinajstić information content (AvgIpc) is 3.33. The van der Waals surface area contributed by atoms with Crippen molar-refractivity contribution in [1.82, 2.24) is 9.69 Å². The lowest BCUT2D eigenvalue weighted by molar-refractivity contribution is -0.123. The molecule has 5 N–H and O–H groups in total. The summed E-state index contributed by atoms with van der Waals surface area (Å²) >= 11 is 0.804. The first-order valence-electron chi connectivity index (χ1n) is 13.3. The van der Waals surface area contributed by atoms with E-state index in [1.54, 1.807) is 0 Å². The Morgan fingerprint density at radius 1 is 1.00 bits per heavy atom. The minimum absolute atomic E-state index is 0.0455. The summed E-state index contributed by atoms with van der Waals surface area (Å²) in [5.74, 6) is -1.61. The van der Waals surface area contributed by atoms with Crippen LogP contribution in [0.4, 0.5) is 17.1 Å². The van der Waals surface area contributed by atoms with Gasteiger partial charge in [0.15, 0.2) is 5.69 Å². The number of aromatic nitrogens is 1. The van der Waals surface area contributed by atoms with Gasteiger partial charge in [-0.25, -0.2) is 0 Å². The fourth-order valence-electron chi connectivity index (χ4n) is 4.91. The highest BCUT2D eigenvalue weighted by Gasteiger charge is 2.37. The lowest BCUT2D eigenvalue weighted by Crippen LogP contribution is -2.47. The van der Waals surface area contributed by atoms with Crippen molar-refractivity contribution in [2.24, 2.45) is 5.73 Å². The highest BCUT2D eigenvalue weighted by atomic mass is 32.1. The lowest BCUT2D eigenvalue weighted by atomic mass is 9.94. The van der Waals surface area contributed by atoms with Crippen molar-refractivity contribution < 1.29 is 14.4 Å². The summed E-state index contributed by atoms with van der Waals surface area (Å²) in [6.45, 7) is 2.05. The summed E-state index contributed by atoms with van der Waals surface area (Å²) in [6.07, 6.45) is 5.91. The molecule has 1 aliphatic rings. The van der Waals surface area contributed by atoms with Gasteiger partial charge in [-0.15, -0.1) is 0 Å². The number of nitrogens with one attached hydrogen (secondary N) is 1. The predicted molar refractivity (Wildman–Crippen MR) is 156 cm³/mol. The largest absolute Gasteiger partial charge is 0.395 e. The zero-order valence-corrected chi connectivity index (χ0v) is 23.5. The number of amides is 3. The third-order valence-electron chi connectivity index (χ3n) is 7.18. The number of anilines is 3. The Bertz CT molecular complexity index is 1310. The molecule has 0 bridgehead atoms. The fraction of sp³-hybridized carbons (Fsp3) is 0.379. The van der Waals surface area contributed by atoms with Crippen molar-refractivity contribution in [2.45, 2.75) is 57.5 Å². The molecule has 1 saturated carbocycles. The summed E-state index contributed by atoms with van der Waals surface area (Å²) in [7, 11) is 3.88. The van der Waals surface area contributed by atoms with Crippen molar-refractivity contribution in [1.29, 1.82) is 0 Å². The Kier molecular flexibility index (Phi) is 8.86. The predicted octanol–water partition coefficient (Wildman–Crippen LogP) is 4.29. The van der Waals surface area contributed by atoms with E-state index in [1.807, 2.05) is 74.4 Å². The zero-order chi connectivity index (χ0) is 28.1. The van der Waals surface area contributed by atoms with Crippen molar-refractivity contribution in [3.05, 3.63) is 70.2 Å². The molecule has 1 heterocycles. The van der Waals surface area contributed by atoms with E-state index >= 15 is 0 Å². The number of primary amides is 1. The van der Waals surface area contributed by atoms with Crippen LogP contribution >= 0.6 is 11.5 Å². The maximum absolute atomic E-state index is 14.2. The zero-order valence-electron chi connectivity index (χ0n) is 22.6.